The third-order valence-corrected chi connectivity index (χ3v) is 5.81. The molecule has 0 unspecified atom stereocenters. The van der Waals surface area contributed by atoms with Gasteiger partial charge in [0.15, 0.2) is 0 Å². The van der Waals surface area contributed by atoms with Gasteiger partial charge in [-0.05, 0) is 60.5 Å². The summed E-state index contributed by atoms with van der Waals surface area (Å²) in [4.78, 5) is 0. The van der Waals surface area contributed by atoms with Gasteiger partial charge < -0.3 is 0 Å². The van der Waals surface area contributed by atoms with Gasteiger partial charge in [-0.25, -0.2) is 0 Å². The Morgan fingerprint density at radius 2 is 0.929 bits per heavy atom. The Bertz CT molecular complexity index is 1300. The number of fused-ring (bicyclic) bond motifs is 6. The summed E-state index contributed by atoms with van der Waals surface area (Å²) in [6.45, 7) is 6.81. The summed E-state index contributed by atoms with van der Waals surface area (Å²) in [7, 11) is 0. The minimum atomic E-state index is 0.149. The van der Waals surface area contributed by atoms with Crippen molar-refractivity contribution in [3.8, 4) is 11.1 Å². The monoisotopic (exact) mass is 360 g/mol. The summed E-state index contributed by atoms with van der Waals surface area (Å²) in [5, 5.41) is 7.95. The standard InChI is InChI=1S/C28H24/c1-28(2,3)21-10-8-9-19(17-21)20-15-16-26-24-13-5-4-11-22(24)23-12-6-7-14-25(23)27(26)18-20/h4-18H,1-3H3. The molecule has 0 N–H and O–H groups in total. The van der Waals surface area contributed by atoms with Gasteiger partial charge in [0.2, 0.25) is 0 Å². The second-order valence-corrected chi connectivity index (χ2v) is 8.68. The fraction of sp³-hybridized carbons (Fsp3) is 0.143. The van der Waals surface area contributed by atoms with Crippen molar-refractivity contribution in [2.45, 2.75) is 26.2 Å². The van der Waals surface area contributed by atoms with Crippen LogP contribution in [0.2, 0.25) is 0 Å². The lowest BCUT2D eigenvalue weighted by Crippen LogP contribution is -2.10. The predicted octanol–water partition coefficient (Wildman–Crippen LogP) is 8.11. The molecule has 0 amide bonds. The topological polar surface area (TPSA) is 0 Å². The van der Waals surface area contributed by atoms with Crippen molar-refractivity contribution < 1.29 is 0 Å². The van der Waals surface area contributed by atoms with Crippen molar-refractivity contribution >= 4 is 32.3 Å². The maximum Gasteiger partial charge on any atom is -0.00928 e. The van der Waals surface area contributed by atoms with Crippen molar-refractivity contribution in [2.75, 3.05) is 0 Å². The Labute approximate surface area is 166 Å². The molecule has 0 aliphatic heterocycles. The molecule has 0 radical (unpaired) electrons. The number of benzene rings is 5. The van der Waals surface area contributed by atoms with Crippen LogP contribution in [0.1, 0.15) is 26.3 Å². The minimum Gasteiger partial charge on any atom is -0.0616 e. The molecule has 0 aliphatic carbocycles. The molecule has 0 heterocycles. The third-order valence-electron chi connectivity index (χ3n) is 5.81. The Kier molecular flexibility index (Phi) is 3.77. The van der Waals surface area contributed by atoms with Crippen LogP contribution in [0, 0.1) is 0 Å². The van der Waals surface area contributed by atoms with E-state index in [0.29, 0.717) is 0 Å². The van der Waals surface area contributed by atoms with Crippen LogP contribution < -0.4 is 0 Å². The lowest BCUT2D eigenvalue weighted by atomic mass is 9.85. The molecule has 5 aromatic carbocycles. The number of rotatable bonds is 1. The molecule has 0 atom stereocenters. The molecule has 136 valence electrons. The fourth-order valence-corrected chi connectivity index (χ4v) is 4.25. The van der Waals surface area contributed by atoms with Crippen LogP contribution in [0.3, 0.4) is 0 Å². The Hall–Kier alpha value is -3.12. The normalized spacial score (nSPS) is 12.1. The first-order chi connectivity index (χ1) is 13.5. The number of hydrogen-bond acceptors (Lipinski definition) is 0. The summed E-state index contributed by atoms with van der Waals surface area (Å²) < 4.78 is 0. The molecular formula is C28H24. The molecule has 5 rings (SSSR count). The van der Waals surface area contributed by atoms with E-state index < -0.39 is 0 Å². The highest BCUT2D eigenvalue weighted by atomic mass is 14.2. The van der Waals surface area contributed by atoms with Gasteiger partial charge in [0, 0.05) is 0 Å². The lowest BCUT2D eigenvalue weighted by Gasteiger charge is -2.20. The zero-order chi connectivity index (χ0) is 19.3. The largest absolute Gasteiger partial charge is 0.0616 e. The van der Waals surface area contributed by atoms with Gasteiger partial charge in [0.1, 0.15) is 0 Å². The van der Waals surface area contributed by atoms with Crippen LogP contribution >= 0.6 is 0 Å². The van der Waals surface area contributed by atoms with E-state index in [0.717, 1.165) is 0 Å². The number of hydrogen-bond donors (Lipinski definition) is 0. The van der Waals surface area contributed by atoms with E-state index in [-0.39, 0.29) is 5.41 Å². The summed E-state index contributed by atoms with van der Waals surface area (Å²) in [6.07, 6.45) is 0. The minimum absolute atomic E-state index is 0.149. The summed E-state index contributed by atoms with van der Waals surface area (Å²) in [5.41, 5.74) is 4.08. The second-order valence-electron chi connectivity index (χ2n) is 8.68. The summed E-state index contributed by atoms with van der Waals surface area (Å²) in [6, 6.07) is 33.4. The molecule has 0 saturated heterocycles. The van der Waals surface area contributed by atoms with Crippen LogP contribution in [0.4, 0.5) is 0 Å². The van der Waals surface area contributed by atoms with Crippen molar-refractivity contribution in [2.24, 2.45) is 0 Å². The molecule has 0 fully saturated rings. The highest BCUT2D eigenvalue weighted by Crippen LogP contribution is 2.37. The van der Waals surface area contributed by atoms with Crippen molar-refractivity contribution in [3.63, 3.8) is 0 Å². The van der Waals surface area contributed by atoms with Gasteiger partial charge in [0.05, 0.1) is 0 Å². The van der Waals surface area contributed by atoms with Gasteiger partial charge in [-0.15, -0.1) is 0 Å². The van der Waals surface area contributed by atoms with E-state index in [1.54, 1.807) is 0 Å². The summed E-state index contributed by atoms with van der Waals surface area (Å²) in [5.74, 6) is 0. The van der Waals surface area contributed by atoms with Gasteiger partial charge in [-0.1, -0.05) is 106 Å². The van der Waals surface area contributed by atoms with Crippen molar-refractivity contribution in [3.05, 3.63) is 96.6 Å². The van der Waals surface area contributed by atoms with Gasteiger partial charge in [0.25, 0.3) is 0 Å². The first kappa shape index (κ1) is 17.0. The second kappa shape index (κ2) is 6.21. The molecule has 0 spiro atoms. The van der Waals surface area contributed by atoms with Crippen molar-refractivity contribution in [1.29, 1.82) is 0 Å². The zero-order valence-corrected chi connectivity index (χ0v) is 16.7. The molecular weight excluding hydrogens is 336 g/mol. The average molecular weight is 361 g/mol. The molecule has 0 nitrogen and oxygen atoms in total. The molecule has 0 heteroatoms. The maximum absolute atomic E-state index is 2.37. The lowest BCUT2D eigenvalue weighted by molar-refractivity contribution is 0.590. The van der Waals surface area contributed by atoms with E-state index >= 15 is 0 Å². The fourth-order valence-electron chi connectivity index (χ4n) is 4.25. The molecule has 0 aliphatic rings. The van der Waals surface area contributed by atoms with E-state index in [1.807, 2.05) is 0 Å². The van der Waals surface area contributed by atoms with Crippen LogP contribution in [-0.4, -0.2) is 0 Å². The molecule has 0 aromatic heterocycles. The molecule has 5 aromatic rings. The van der Waals surface area contributed by atoms with Crippen LogP contribution in [-0.2, 0) is 5.41 Å². The Morgan fingerprint density at radius 1 is 0.429 bits per heavy atom. The van der Waals surface area contributed by atoms with Gasteiger partial charge in [-0.3, -0.25) is 0 Å². The van der Waals surface area contributed by atoms with Crippen LogP contribution in [0.25, 0.3) is 43.4 Å². The maximum atomic E-state index is 2.37. The quantitative estimate of drug-likeness (QED) is 0.265. The van der Waals surface area contributed by atoms with Crippen LogP contribution in [0.5, 0.6) is 0 Å². The average Bonchev–Trinajstić information content (AvgIpc) is 2.73. The Morgan fingerprint density at radius 3 is 1.50 bits per heavy atom. The molecule has 0 bridgehead atoms. The van der Waals surface area contributed by atoms with Gasteiger partial charge >= 0.3 is 0 Å². The Balaban J connectivity index is 1.83. The molecule has 0 saturated carbocycles. The molecule has 28 heavy (non-hydrogen) atoms. The zero-order valence-electron chi connectivity index (χ0n) is 16.7. The smallest absolute Gasteiger partial charge is 0.00928 e. The first-order valence-corrected chi connectivity index (χ1v) is 9.96. The van der Waals surface area contributed by atoms with E-state index in [9.17, 15) is 0 Å². The van der Waals surface area contributed by atoms with Crippen LogP contribution in [0.15, 0.2) is 91.0 Å². The summed E-state index contributed by atoms with van der Waals surface area (Å²) >= 11 is 0. The van der Waals surface area contributed by atoms with Gasteiger partial charge in [-0.2, -0.15) is 0 Å². The van der Waals surface area contributed by atoms with Crippen molar-refractivity contribution in [1.82, 2.24) is 0 Å². The van der Waals surface area contributed by atoms with E-state index in [4.69, 9.17) is 0 Å². The first-order valence-electron chi connectivity index (χ1n) is 9.96. The predicted molar refractivity (Wildman–Crippen MR) is 123 cm³/mol. The highest BCUT2D eigenvalue weighted by molar-refractivity contribution is 6.25. The van der Waals surface area contributed by atoms with E-state index in [2.05, 4.69) is 112 Å². The van der Waals surface area contributed by atoms with E-state index in [1.165, 1.54) is 49.0 Å². The third kappa shape index (κ3) is 2.68. The SMILES string of the molecule is CC(C)(C)c1cccc(-c2ccc3c4ccccc4c4ccccc4c3c2)c1. The highest BCUT2D eigenvalue weighted by Gasteiger charge is 2.14.